The molecule has 0 saturated heterocycles. The summed E-state index contributed by atoms with van der Waals surface area (Å²) in [6.07, 6.45) is 71.6. The molecule has 0 aromatic rings. The number of phosphoric ester groups is 2. The molecule has 0 aromatic carbocycles. The lowest BCUT2D eigenvalue weighted by atomic mass is 10.1. The van der Waals surface area contributed by atoms with Crippen LogP contribution in [0.3, 0.4) is 0 Å². The number of phosphoric acid groups is 2. The topological polar surface area (TPSA) is 237 Å². The van der Waals surface area contributed by atoms with Crippen molar-refractivity contribution < 1.29 is 80.2 Å². The predicted octanol–water partition coefficient (Wildman–Crippen LogP) is 22.4. The van der Waals surface area contributed by atoms with Crippen molar-refractivity contribution in [1.82, 2.24) is 0 Å². The lowest BCUT2D eigenvalue weighted by molar-refractivity contribution is -0.161. The minimum absolute atomic E-state index is 0.0796. The van der Waals surface area contributed by atoms with Gasteiger partial charge in [0.25, 0.3) is 0 Å². The first kappa shape index (κ1) is 94.5. The van der Waals surface area contributed by atoms with Gasteiger partial charge in [0.2, 0.25) is 0 Å². The predicted molar refractivity (Wildman–Crippen MR) is 400 cm³/mol. The average Bonchev–Trinajstić information content (AvgIpc) is 0.984. The molecule has 0 bridgehead atoms. The highest BCUT2D eigenvalue weighted by atomic mass is 31.2. The molecule has 0 aliphatic heterocycles. The number of carbonyl (C=O) groups excluding carboxylic acids is 4. The number of hydrogen-bond acceptors (Lipinski definition) is 15. The van der Waals surface area contributed by atoms with E-state index in [2.05, 4.69) is 101 Å². The Morgan fingerprint density at radius 2 is 0.531 bits per heavy atom. The third kappa shape index (κ3) is 70.9. The normalized spacial score (nSPS) is 14.3. The Balaban J connectivity index is 5.36. The van der Waals surface area contributed by atoms with Gasteiger partial charge in [-0.25, -0.2) is 9.13 Å². The quantitative estimate of drug-likeness (QED) is 0.0128. The summed E-state index contributed by atoms with van der Waals surface area (Å²) in [6.45, 7) is 4.80. The second-order valence-corrected chi connectivity index (χ2v) is 29.2. The van der Waals surface area contributed by atoms with Crippen LogP contribution in [0.2, 0.25) is 0 Å². The summed E-state index contributed by atoms with van der Waals surface area (Å²) in [5, 5.41) is 10.6. The van der Waals surface area contributed by atoms with Crippen molar-refractivity contribution in [2.24, 2.45) is 0 Å². The van der Waals surface area contributed by atoms with E-state index in [9.17, 15) is 43.2 Å². The van der Waals surface area contributed by atoms with E-state index in [1.54, 1.807) is 0 Å². The molecule has 3 N–H and O–H groups in total. The largest absolute Gasteiger partial charge is 0.472 e. The zero-order chi connectivity index (χ0) is 71.8. The van der Waals surface area contributed by atoms with Crippen LogP contribution in [0, 0.1) is 0 Å². The maximum Gasteiger partial charge on any atom is 0.472 e. The minimum atomic E-state index is -4.98. The number of carbonyl (C=O) groups is 4. The molecular weight excluding hydrogens is 1280 g/mol. The minimum Gasteiger partial charge on any atom is -0.462 e. The van der Waals surface area contributed by atoms with E-state index in [-0.39, 0.29) is 25.7 Å². The Morgan fingerprint density at radius 3 is 0.857 bits per heavy atom. The molecule has 0 rings (SSSR count). The van der Waals surface area contributed by atoms with Crippen molar-refractivity contribution in [3.63, 3.8) is 0 Å². The van der Waals surface area contributed by atoms with E-state index in [0.717, 1.165) is 161 Å². The van der Waals surface area contributed by atoms with Gasteiger partial charge in [-0.2, -0.15) is 0 Å². The molecule has 5 atom stereocenters. The van der Waals surface area contributed by atoms with Crippen molar-refractivity contribution in [3.8, 4) is 0 Å². The van der Waals surface area contributed by atoms with Crippen molar-refractivity contribution in [1.29, 1.82) is 0 Å². The van der Waals surface area contributed by atoms with Gasteiger partial charge in [0, 0.05) is 25.7 Å². The van der Waals surface area contributed by atoms with Crippen LogP contribution < -0.4 is 0 Å². The zero-order valence-electron chi connectivity index (χ0n) is 62.2. The van der Waals surface area contributed by atoms with Crippen molar-refractivity contribution >= 4 is 39.5 Å². The second kappa shape index (κ2) is 71.9. The molecule has 19 heteroatoms. The first-order chi connectivity index (χ1) is 47.7. The molecule has 2 unspecified atom stereocenters. The van der Waals surface area contributed by atoms with E-state index in [1.165, 1.54) is 109 Å². The maximum absolute atomic E-state index is 13.1. The molecule has 0 amide bonds. The highest BCUT2D eigenvalue weighted by Crippen LogP contribution is 2.45. The lowest BCUT2D eigenvalue weighted by Crippen LogP contribution is -2.30. The number of aliphatic hydroxyl groups is 1. The van der Waals surface area contributed by atoms with Gasteiger partial charge in [0.1, 0.15) is 19.3 Å². The summed E-state index contributed by atoms with van der Waals surface area (Å²) >= 11 is 0. The zero-order valence-corrected chi connectivity index (χ0v) is 64.0. The maximum atomic E-state index is 13.1. The molecule has 0 aliphatic rings. The fourth-order valence-corrected chi connectivity index (χ4v) is 12.2. The summed E-state index contributed by atoms with van der Waals surface area (Å²) in [6, 6.07) is 0. The third-order valence-corrected chi connectivity index (χ3v) is 18.5. The Bertz CT molecular complexity index is 2140. The smallest absolute Gasteiger partial charge is 0.462 e. The van der Waals surface area contributed by atoms with Gasteiger partial charge in [-0.1, -0.05) is 261 Å². The summed E-state index contributed by atoms with van der Waals surface area (Å²) in [5.41, 5.74) is 0. The van der Waals surface area contributed by atoms with E-state index >= 15 is 0 Å². The Kier molecular flexibility index (Phi) is 69.3. The fraction of sp³-hybridized carbons (Fsp3) is 0.797. The van der Waals surface area contributed by atoms with Crippen LogP contribution in [-0.2, 0) is 65.4 Å². The Hall–Kier alpha value is -3.50. The second-order valence-electron chi connectivity index (χ2n) is 26.3. The molecule has 0 aliphatic carbocycles. The molecule has 0 fully saturated rings. The number of unbranched alkanes of at least 4 members (excludes halogenated alkanes) is 37. The molecule has 570 valence electrons. The monoisotopic (exact) mass is 1420 g/mol. The van der Waals surface area contributed by atoms with E-state index in [0.29, 0.717) is 25.7 Å². The van der Waals surface area contributed by atoms with Crippen LogP contribution in [0.25, 0.3) is 0 Å². The molecule has 98 heavy (non-hydrogen) atoms. The number of ether oxygens (including phenoxy) is 4. The van der Waals surface area contributed by atoms with Crippen molar-refractivity contribution in [2.45, 2.75) is 367 Å². The van der Waals surface area contributed by atoms with E-state index in [1.807, 2.05) is 0 Å². The third-order valence-electron chi connectivity index (χ3n) is 16.6. The number of aliphatic hydroxyl groups excluding tert-OH is 1. The van der Waals surface area contributed by atoms with Gasteiger partial charge in [-0.3, -0.25) is 37.3 Å². The summed E-state index contributed by atoms with van der Waals surface area (Å²) in [4.78, 5) is 72.9. The average molecular weight is 1430 g/mol. The van der Waals surface area contributed by atoms with Crippen LogP contribution in [0.5, 0.6) is 0 Å². The molecular formula is C79H142O17P2. The van der Waals surface area contributed by atoms with Gasteiger partial charge in [0.05, 0.1) is 26.4 Å². The van der Waals surface area contributed by atoms with E-state index < -0.39 is 97.5 Å². The first-order valence-corrected chi connectivity index (χ1v) is 42.2. The van der Waals surface area contributed by atoms with Crippen LogP contribution in [0.1, 0.15) is 349 Å². The van der Waals surface area contributed by atoms with Crippen LogP contribution in [0.15, 0.2) is 72.9 Å². The highest BCUT2D eigenvalue weighted by Gasteiger charge is 2.30. The molecule has 0 saturated carbocycles. The van der Waals surface area contributed by atoms with Crippen LogP contribution in [0.4, 0.5) is 0 Å². The lowest BCUT2D eigenvalue weighted by Gasteiger charge is -2.21. The SMILES string of the molecule is CCCCC/C=C\C/C=C\CCCCCCCC(=O)O[C@H](COC(=O)CCCCCCC/C=C\CCCCCCCC)COP(=O)(O)OC[C@@H](O)COP(=O)(O)OC[C@@H](COC(=O)CCCCCCC/C=C\C=C/CCCCCC)OC(=O)CCCCCCC/C=C\CCCCCC. The van der Waals surface area contributed by atoms with Gasteiger partial charge in [-0.05, 0) is 135 Å². The van der Waals surface area contributed by atoms with E-state index in [4.69, 9.17) is 37.0 Å². The summed E-state index contributed by atoms with van der Waals surface area (Å²) in [5.74, 6) is -2.20. The molecule has 0 aromatic heterocycles. The van der Waals surface area contributed by atoms with Gasteiger partial charge < -0.3 is 33.8 Å². The van der Waals surface area contributed by atoms with Crippen molar-refractivity contribution in [3.05, 3.63) is 72.9 Å². The summed E-state index contributed by atoms with van der Waals surface area (Å²) < 4.78 is 68.5. The Labute approximate surface area is 596 Å². The van der Waals surface area contributed by atoms with Crippen LogP contribution in [-0.4, -0.2) is 96.7 Å². The van der Waals surface area contributed by atoms with Gasteiger partial charge in [0.15, 0.2) is 12.2 Å². The van der Waals surface area contributed by atoms with Gasteiger partial charge >= 0.3 is 39.5 Å². The first-order valence-electron chi connectivity index (χ1n) is 39.2. The number of rotatable bonds is 74. The summed E-state index contributed by atoms with van der Waals surface area (Å²) in [7, 11) is -9.95. The van der Waals surface area contributed by atoms with Crippen LogP contribution >= 0.6 is 15.6 Å². The molecule has 17 nitrogen and oxygen atoms in total. The standard InChI is InChI=1S/C79H142O17P2/c1-5-9-13-17-21-25-29-33-36-40-43-47-51-55-59-63-76(81)89-69-74(95-78(83)65-61-57-53-49-45-39-32-28-24-20-16-12-8-4)71-93-97(85,86)91-67-73(80)68-92-98(87,88)94-72-75(96-79(84)66-62-58-54-50-46-42-38-35-31-27-23-19-15-11-7-3)70-90-77(82)64-60-56-52-48-44-41-37-34-30-26-22-18-14-10-6-2/h23,25,27-29,32-38,73-75,80H,5-22,24,26,30-31,39-72H2,1-4H3,(H,85,86)(H,87,88)/b27-23-,29-25-,32-28-,36-33-,37-34-,38-35-/t73-,74+,75+/m0/s1. The molecule has 0 spiro atoms. The number of hydrogen-bond donors (Lipinski definition) is 3. The number of allylic oxidation sites excluding steroid dienone is 12. The van der Waals surface area contributed by atoms with Crippen molar-refractivity contribution in [2.75, 3.05) is 39.6 Å². The number of esters is 4. The fourth-order valence-electron chi connectivity index (χ4n) is 10.6. The molecule has 0 heterocycles. The molecule has 0 radical (unpaired) electrons. The Morgan fingerprint density at radius 1 is 0.296 bits per heavy atom. The van der Waals surface area contributed by atoms with Gasteiger partial charge in [-0.15, -0.1) is 0 Å². The highest BCUT2D eigenvalue weighted by molar-refractivity contribution is 7.47.